The van der Waals surface area contributed by atoms with Gasteiger partial charge in [-0.3, -0.25) is 9.59 Å². The van der Waals surface area contributed by atoms with Crippen LogP contribution in [0.5, 0.6) is 0 Å². The van der Waals surface area contributed by atoms with Crippen molar-refractivity contribution in [2.24, 2.45) is 0 Å². The molecule has 0 aliphatic heterocycles. The summed E-state index contributed by atoms with van der Waals surface area (Å²) in [6, 6.07) is 5.21. The Labute approximate surface area is 221 Å². The van der Waals surface area contributed by atoms with Gasteiger partial charge in [0.05, 0.1) is 6.10 Å². The van der Waals surface area contributed by atoms with E-state index >= 15 is 0 Å². The molecule has 2 rings (SSSR count). The molecule has 32 heavy (non-hydrogen) atoms. The Kier molecular flexibility index (Phi) is 15.6. The number of fused-ring (bicyclic) bond motifs is 1. The average molecular weight is 469 g/mol. The van der Waals surface area contributed by atoms with E-state index in [1.54, 1.807) is 12.1 Å². The van der Waals surface area contributed by atoms with Gasteiger partial charge in [-0.15, -0.1) is 0 Å². The Balaban J connectivity index is 0.00000512. The second-order valence-corrected chi connectivity index (χ2v) is 8.69. The summed E-state index contributed by atoms with van der Waals surface area (Å²) in [7, 11) is 0. The van der Waals surface area contributed by atoms with Crippen LogP contribution in [0.3, 0.4) is 0 Å². The predicted molar refractivity (Wildman–Crippen MR) is 127 cm³/mol. The molecule has 0 amide bonds. The maximum Gasteiger partial charge on any atom is 1.00 e. The minimum absolute atomic E-state index is 0. The monoisotopic (exact) mass is 468 g/mol. The molecular weight excluding hydrogens is 431 g/mol. The molecule has 6 heteroatoms. The van der Waals surface area contributed by atoms with Gasteiger partial charge in [-0.2, -0.15) is 5.41 Å². The van der Waals surface area contributed by atoms with Crippen molar-refractivity contribution in [3.05, 3.63) is 45.9 Å². The number of carbonyl (C=O) groups is 2. The van der Waals surface area contributed by atoms with E-state index in [9.17, 15) is 9.59 Å². The van der Waals surface area contributed by atoms with Gasteiger partial charge in [0.1, 0.15) is 6.61 Å². The molecule has 0 saturated carbocycles. The standard InChI is InChI=1S/C26H38O4S.Na/c1-3-5-7-9-10-12-14-21(13-11-8-6-4-2)30-29-18-20-15-16-22-23(17-20)26(28)24(19-31)25(22)27;/h15-17,19,21,31H,3-14,18H2,1-2H3;/q;+1/p-1/b24-19-;. The molecule has 0 fully saturated rings. The van der Waals surface area contributed by atoms with Crippen molar-refractivity contribution in [2.45, 2.75) is 104 Å². The van der Waals surface area contributed by atoms with Crippen LogP contribution in [0.1, 0.15) is 117 Å². The van der Waals surface area contributed by atoms with Gasteiger partial charge in [0.15, 0.2) is 11.6 Å². The van der Waals surface area contributed by atoms with Gasteiger partial charge >= 0.3 is 29.6 Å². The minimum Gasteiger partial charge on any atom is -0.786 e. The molecule has 0 spiro atoms. The van der Waals surface area contributed by atoms with Gasteiger partial charge in [0, 0.05) is 16.7 Å². The summed E-state index contributed by atoms with van der Waals surface area (Å²) in [6.07, 6.45) is 14.6. The fourth-order valence-electron chi connectivity index (χ4n) is 3.96. The molecule has 1 unspecified atom stereocenters. The maximum atomic E-state index is 12.3. The van der Waals surface area contributed by atoms with Gasteiger partial charge in [-0.05, 0) is 30.5 Å². The molecule has 0 N–H and O–H groups in total. The third-order valence-corrected chi connectivity index (χ3v) is 6.11. The number of hydrogen-bond donors (Lipinski definition) is 0. The van der Waals surface area contributed by atoms with Crippen LogP contribution in [-0.2, 0) is 29.0 Å². The number of benzene rings is 1. The zero-order valence-corrected chi connectivity index (χ0v) is 22.9. The summed E-state index contributed by atoms with van der Waals surface area (Å²) in [4.78, 5) is 35.9. The molecule has 172 valence electrons. The number of carbonyl (C=O) groups excluding carboxylic acids is 2. The Bertz CT molecular complexity index is 747. The molecule has 0 aromatic heterocycles. The molecule has 1 aliphatic rings. The van der Waals surface area contributed by atoms with E-state index < -0.39 is 0 Å². The number of rotatable bonds is 16. The van der Waals surface area contributed by atoms with Crippen LogP contribution in [0.25, 0.3) is 0 Å². The van der Waals surface area contributed by atoms with Crippen LogP contribution < -0.4 is 29.6 Å². The summed E-state index contributed by atoms with van der Waals surface area (Å²) < 4.78 is 0. The third kappa shape index (κ3) is 9.36. The number of hydrogen-bond acceptors (Lipinski definition) is 5. The zero-order valence-electron chi connectivity index (χ0n) is 20.1. The predicted octanol–water partition coefficient (Wildman–Crippen LogP) is 4.04. The summed E-state index contributed by atoms with van der Waals surface area (Å²) in [5.41, 5.74) is 1.72. The summed E-state index contributed by atoms with van der Waals surface area (Å²) >= 11 is 4.81. The molecule has 1 aromatic carbocycles. The zero-order chi connectivity index (χ0) is 22.5. The summed E-state index contributed by atoms with van der Waals surface area (Å²) in [5, 5.41) is 1.18. The van der Waals surface area contributed by atoms with E-state index in [2.05, 4.69) is 13.8 Å². The van der Waals surface area contributed by atoms with Crippen molar-refractivity contribution in [1.29, 1.82) is 0 Å². The van der Waals surface area contributed by atoms with Crippen molar-refractivity contribution in [1.82, 2.24) is 0 Å². The second kappa shape index (κ2) is 17.0. The number of unbranched alkanes of at least 4 members (excludes halogenated alkanes) is 8. The van der Waals surface area contributed by atoms with E-state index in [4.69, 9.17) is 22.4 Å². The largest absolute Gasteiger partial charge is 1.00 e. The molecule has 1 aromatic rings. The van der Waals surface area contributed by atoms with E-state index in [0.29, 0.717) is 11.1 Å². The van der Waals surface area contributed by atoms with Crippen molar-refractivity contribution in [2.75, 3.05) is 0 Å². The molecular formula is C26H37NaO4S. The van der Waals surface area contributed by atoms with Crippen LogP contribution in [-0.4, -0.2) is 17.7 Å². The smallest absolute Gasteiger partial charge is 0.786 e. The topological polar surface area (TPSA) is 52.6 Å². The van der Waals surface area contributed by atoms with Crippen molar-refractivity contribution in [3.8, 4) is 0 Å². The van der Waals surface area contributed by atoms with Crippen molar-refractivity contribution < 1.29 is 48.9 Å². The molecule has 4 nitrogen and oxygen atoms in total. The Morgan fingerprint density at radius 2 is 1.41 bits per heavy atom. The Morgan fingerprint density at radius 3 is 2.03 bits per heavy atom. The molecule has 0 bridgehead atoms. The minimum atomic E-state index is -0.297. The van der Waals surface area contributed by atoms with E-state index in [0.717, 1.165) is 31.2 Å². The summed E-state index contributed by atoms with van der Waals surface area (Å²) in [6.45, 7) is 4.71. The van der Waals surface area contributed by atoms with Crippen LogP contribution in [0.4, 0.5) is 0 Å². The first kappa shape index (κ1) is 29.5. The fraction of sp³-hybridized carbons (Fsp3) is 0.615. The van der Waals surface area contributed by atoms with Crippen molar-refractivity contribution in [3.63, 3.8) is 0 Å². The van der Waals surface area contributed by atoms with Crippen LogP contribution in [0.2, 0.25) is 0 Å². The first-order valence-electron chi connectivity index (χ1n) is 11.9. The van der Waals surface area contributed by atoms with E-state index in [1.165, 1.54) is 56.8 Å². The molecule has 1 atom stereocenters. The van der Waals surface area contributed by atoms with Crippen LogP contribution in [0, 0.1) is 0 Å². The van der Waals surface area contributed by atoms with Crippen LogP contribution >= 0.6 is 0 Å². The first-order chi connectivity index (χ1) is 15.1. The Hall–Kier alpha value is -0.560. The molecule has 1 aliphatic carbocycles. The maximum absolute atomic E-state index is 12.3. The number of allylic oxidation sites excluding steroid dienone is 1. The van der Waals surface area contributed by atoms with Gasteiger partial charge in [0.2, 0.25) is 0 Å². The van der Waals surface area contributed by atoms with Crippen molar-refractivity contribution >= 4 is 24.2 Å². The number of Topliss-reactive ketones (excluding diaryl/α,β-unsaturated/α-hetero) is 2. The normalized spacial score (nSPS) is 15.1. The number of ketones is 2. The third-order valence-electron chi connectivity index (χ3n) is 5.87. The van der Waals surface area contributed by atoms with Gasteiger partial charge < -0.3 is 12.6 Å². The SMILES string of the molecule is CCCCCCCCC(CCCCCC)OOCc1ccc2c(c1)C(=O)/C(=C\[S-])C2=O.[Na+]. The first-order valence-corrected chi connectivity index (χ1v) is 12.4. The van der Waals surface area contributed by atoms with Gasteiger partial charge in [0.25, 0.3) is 0 Å². The van der Waals surface area contributed by atoms with Crippen LogP contribution in [0.15, 0.2) is 29.2 Å². The molecule has 0 radical (unpaired) electrons. The molecule has 0 saturated heterocycles. The van der Waals surface area contributed by atoms with Gasteiger partial charge in [-0.25, -0.2) is 9.78 Å². The van der Waals surface area contributed by atoms with E-state index in [1.807, 2.05) is 6.07 Å². The quantitative estimate of drug-likeness (QED) is 0.0697. The molecule has 0 heterocycles. The fourth-order valence-corrected chi connectivity index (χ4v) is 4.17. The summed E-state index contributed by atoms with van der Waals surface area (Å²) in [5.74, 6) is -0.584. The van der Waals surface area contributed by atoms with E-state index in [-0.39, 0.29) is 59.4 Å². The second-order valence-electron chi connectivity index (χ2n) is 8.46. The Morgan fingerprint density at radius 1 is 0.844 bits per heavy atom. The van der Waals surface area contributed by atoms with Gasteiger partial charge in [-0.1, -0.05) is 84.1 Å². The average Bonchev–Trinajstić information content (AvgIpc) is 3.02.